The number of thioether (sulfide) groups is 1. The third kappa shape index (κ3) is 1.27. The third-order valence-electron chi connectivity index (χ3n) is 3.47. The Morgan fingerprint density at radius 3 is 3.13 bits per heavy atom. The number of aromatic nitrogens is 3. The van der Waals surface area contributed by atoms with Crippen LogP contribution in [0.1, 0.15) is 19.3 Å². The molecule has 0 radical (unpaired) electrons. The minimum absolute atomic E-state index is 0.0919. The molecule has 3 rings (SSSR count). The minimum atomic E-state index is -0.665. The molecule has 80 valence electrons. The molecule has 15 heavy (non-hydrogen) atoms. The van der Waals surface area contributed by atoms with Gasteiger partial charge in [0.2, 0.25) is 0 Å². The van der Waals surface area contributed by atoms with Crippen molar-refractivity contribution in [2.24, 2.45) is 11.8 Å². The topological polar surface area (TPSA) is 78.9 Å². The standard InChI is InChI=1S/C9H11N3O2S/c13-7(14)6-2-1-5-3-9(5,6)15-8-10-4-11-12-8/h4-6H,1-3H2,(H,13,14)(H,10,11,12). The summed E-state index contributed by atoms with van der Waals surface area (Å²) in [6, 6.07) is 0. The van der Waals surface area contributed by atoms with Crippen LogP contribution in [-0.4, -0.2) is 31.0 Å². The number of aromatic amines is 1. The average Bonchev–Trinajstić information content (AvgIpc) is 2.63. The highest BCUT2D eigenvalue weighted by Gasteiger charge is 2.66. The predicted molar refractivity (Wildman–Crippen MR) is 53.4 cm³/mol. The summed E-state index contributed by atoms with van der Waals surface area (Å²) in [6.45, 7) is 0. The van der Waals surface area contributed by atoms with Crippen LogP contribution in [0.3, 0.4) is 0 Å². The molecule has 2 saturated carbocycles. The molecule has 2 aliphatic carbocycles. The Morgan fingerprint density at radius 1 is 1.67 bits per heavy atom. The number of hydrogen-bond acceptors (Lipinski definition) is 4. The van der Waals surface area contributed by atoms with Crippen molar-refractivity contribution in [1.29, 1.82) is 0 Å². The highest BCUT2D eigenvalue weighted by molar-refractivity contribution is 8.00. The average molecular weight is 225 g/mol. The smallest absolute Gasteiger partial charge is 0.307 e. The van der Waals surface area contributed by atoms with E-state index in [1.54, 1.807) is 11.8 Å². The first kappa shape index (κ1) is 9.21. The molecule has 0 bridgehead atoms. The van der Waals surface area contributed by atoms with Crippen molar-refractivity contribution < 1.29 is 9.90 Å². The van der Waals surface area contributed by atoms with Crippen LogP contribution in [0.4, 0.5) is 0 Å². The molecular formula is C9H11N3O2S. The van der Waals surface area contributed by atoms with Gasteiger partial charge in [-0.2, -0.15) is 5.10 Å². The summed E-state index contributed by atoms with van der Waals surface area (Å²) in [6.07, 6.45) is 4.32. The van der Waals surface area contributed by atoms with Gasteiger partial charge in [-0.05, 0) is 25.2 Å². The fourth-order valence-corrected chi connectivity index (χ4v) is 4.15. The molecule has 3 unspecified atom stereocenters. The molecule has 2 aliphatic rings. The zero-order valence-corrected chi connectivity index (χ0v) is 8.83. The van der Waals surface area contributed by atoms with E-state index in [1.807, 2.05) is 0 Å². The molecule has 0 amide bonds. The lowest BCUT2D eigenvalue weighted by Gasteiger charge is -2.16. The first-order chi connectivity index (χ1) is 7.22. The van der Waals surface area contributed by atoms with E-state index >= 15 is 0 Å². The van der Waals surface area contributed by atoms with Gasteiger partial charge in [-0.1, -0.05) is 11.8 Å². The van der Waals surface area contributed by atoms with E-state index in [2.05, 4.69) is 15.2 Å². The molecular weight excluding hydrogens is 214 g/mol. The summed E-state index contributed by atoms with van der Waals surface area (Å²) in [5, 5.41) is 16.4. The largest absolute Gasteiger partial charge is 0.481 e. The molecule has 5 nitrogen and oxygen atoms in total. The van der Waals surface area contributed by atoms with Crippen LogP contribution in [-0.2, 0) is 4.79 Å². The third-order valence-corrected chi connectivity index (χ3v) is 5.02. The van der Waals surface area contributed by atoms with Crippen LogP contribution in [0.2, 0.25) is 0 Å². The van der Waals surface area contributed by atoms with E-state index in [-0.39, 0.29) is 10.7 Å². The molecule has 1 heterocycles. The number of fused-ring (bicyclic) bond motifs is 1. The number of nitrogens with zero attached hydrogens (tertiary/aromatic N) is 2. The Hall–Kier alpha value is -1.04. The summed E-state index contributed by atoms with van der Waals surface area (Å²) in [7, 11) is 0. The Kier molecular flexibility index (Phi) is 1.83. The molecule has 0 aromatic carbocycles. The second kappa shape index (κ2) is 2.98. The fourth-order valence-electron chi connectivity index (χ4n) is 2.66. The van der Waals surface area contributed by atoms with Crippen LogP contribution in [0, 0.1) is 11.8 Å². The van der Waals surface area contributed by atoms with Gasteiger partial charge in [0.1, 0.15) is 6.33 Å². The van der Waals surface area contributed by atoms with Crippen molar-refractivity contribution in [3.8, 4) is 0 Å². The maximum Gasteiger partial charge on any atom is 0.307 e. The van der Waals surface area contributed by atoms with Gasteiger partial charge in [0.15, 0.2) is 5.16 Å². The van der Waals surface area contributed by atoms with E-state index in [4.69, 9.17) is 5.11 Å². The maximum atomic E-state index is 11.1. The summed E-state index contributed by atoms with van der Waals surface area (Å²) >= 11 is 1.56. The van der Waals surface area contributed by atoms with Gasteiger partial charge >= 0.3 is 5.97 Å². The van der Waals surface area contributed by atoms with Gasteiger partial charge in [0, 0.05) is 4.75 Å². The zero-order valence-electron chi connectivity index (χ0n) is 8.01. The first-order valence-corrected chi connectivity index (χ1v) is 5.81. The lowest BCUT2D eigenvalue weighted by Crippen LogP contribution is -2.24. The number of nitrogens with one attached hydrogen (secondary N) is 1. The van der Waals surface area contributed by atoms with Gasteiger partial charge in [-0.15, -0.1) is 0 Å². The van der Waals surface area contributed by atoms with Crippen LogP contribution in [0.25, 0.3) is 0 Å². The van der Waals surface area contributed by atoms with E-state index in [0.717, 1.165) is 24.4 Å². The lowest BCUT2D eigenvalue weighted by molar-refractivity contribution is -0.141. The normalized spacial score (nSPS) is 37.6. The van der Waals surface area contributed by atoms with Gasteiger partial charge in [0.25, 0.3) is 0 Å². The van der Waals surface area contributed by atoms with E-state index in [1.165, 1.54) is 6.33 Å². The second-order valence-electron chi connectivity index (χ2n) is 4.22. The van der Waals surface area contributed by atoms with Crippen LogP contribution < -0.4 is 0 Å². The molecule has 6 heteroatoms. The SMILES string of the molecule is O=C(O)C1CCC2CC21Sc1ncn[nH]1. The number of rotatable bonds is 3. The predicted octanol–water partition coefficient (Wildman–Crippen LogP) is 1.15. The summed E-state index contributed by atoms with van der Waals surface area (Å²) in [4.78, 5) is 15.2. The molecule has 1 aromatic heterocycles. The van der Waals surface area contributed by atoms with Crippen molar-refractivity contribution in [3.63, 3.8) is 0 Å². The quantitative estimate of drug-likeness (QED) is 0.806. The van der Waals surface area contributed by atoms with Gasteiger partial charge in [-0.25, -0.2) is 4.98 Å². The number of hydrogen-bond donors (Lipinski definition) is 2. The van der Waals surface area contributed by atoms with E-state index in [0.29, 0.717) is 5.92 Å². The molecule has 0 saturated heterocycles. The molecule has 1 aromatic rings. The van der Waals surface area contributed by atoms with Crippen molar-refractivity contribution in [2.45, 2.75) is 29.2 Å². The van der Waals surface area contributed by atoms with Crippen molar-refractivity contribution in [2.75, 3.05) is 0 Å². The zero-order chi connectivity index (χ0) is 10.5. The number of carboxylic acids is 1. The minimum Gasteiger partial charge on any atom is -0.481 e. The van der Waals surface area contributed by atoms with Crippen LogP contribution >= 0.6 is 11.8 Å². The fraction of sp³-hybridized carbons (Fsp3) is 0.667. The molecule has 2 N–H and O–H groups in total. The molecule has 0 spiro atoms. The Bertz CT molecular complexity index is 394. The Morgan fingerprint density at radius 2 is 2.53 bits per heavy atom. The first-order valence-electron chi connectivity index (χ1n) is 4.99. The summed E-state index contributed by atoms with van der Waals surface area (Å²) in [5.41, 5.74) is 0. The highest BCUT2D eigenvalue weighted by atomic mass is 32.2. The number of aliphatic carboxylic acids is 1. The Labute approximate surface area is 90.7 Å². The molecule has 2 fully saturated rings. The lowest BCUT2D eigenvalue weighted by atomic mass is 10.0. The van der Waals surface area contributed by atoms with Crippen molar-refractivity contribution in [1.82, 2.24) is 15.2 Å². The van der Waals surface area contributed by atoms with E-state index < -0.39 is 5.97 Å². The number of H-pyrrole nitrogens is 1. The molecule has 0 aliphatic heterocycles. The van der Waals surface area contributed by atoms with Gasteiger partial charge in [0.05, 0.1) is 5.92 Å². The van der Waals surface area contributed by atoms with Crippen molar-refractivity contribution in [3.05, 3.63) is 6.33 Å². The monoisotopic (exact) mass is 225 g/mol. The van der Waals surface area contributed by atoms with E-state index in [9.17, 15) is 4.79 Å². The number of carbonyl (C=O) groups is 1. The summed E-state index contributed by atoms with van der Waals surface area (Å²) in [5.74, 6) is -0.312. The Balaban J connectivity index is 1.82. The highest BCUT2D eigenvalue weighted by Crippen LogP contribution is 2.68. The van der Waals surface area contributed by atoms with Crippen LogP contribution in [0.15, 0.2) is 11.5 Å². The van der Waals surface area contributed by atoms with Gasteiger partial charge in [-0.3, -0.25) is 9.89 Å². The summed E-state index contributed by atoms with van der Waals surface area (Å²) < 4.78 is -0.0919. The van der Waals surface area contributed by atoms with Crippen LogP contribution in [0.5, 0.6) is 0 Å². The molecule has 3 atom stereocenters. The van der Waals surface area contributed by atoms with Crippen molar-refractivity contribution >= 4 is 17.7 Å². The van der Waals surface area contributed by atoms with Gasteiger partial charge < -0.3 is 5.11 Å². The number of carboxylic acid groups (broad SMARTS) is 1. The second-order valence-corrected chi connectivity index (χ2v) is 5.57. The maximum absolute atomic E-state index is 11.1.